The molecule has 1 aliphatic heterocycles. The number of fused-ring (bicyclic) bond motifs is 2. The van der Waals surface area contributed by atoms with Gasteiger partial charge in [0.2, 0.25) is 0 Å². The van der Waals surface area contributed by atoms with Crippen LogP contribution in [0.4, 0.5) is 0 Å². The summed E-state index contributed by atoms with van der Waals surface area (Å²) in [6.45, 7) is 0.352. The molecule has 3 fully saturated rings. The normalized spacial score (nSPS) is 27.7. The molecule has 0 N–H and O–H groups in total. The van der Waals surface area contributed by atoms with Crippen LogP contribution in [0.1, 0.15) is 56.6 Å². The number of ketones is 1. The van der Waals surface area contributed by atoms with E-state index >= 15 is 0 Å². The molecule has 31 heavy (non-hydrogen) atoms. The van der Waals surface area contributed by atoms with E-state index < -0.39 is 0 Å². The highest BCUT2D eigenvalue weighted by Gasteiger charge is 2.42. The van der Waals surface area contributed by atoms with Crippen LogP contribution in [0.15, 0.2) is 18.2 Å². The van der Waals surface area contributed by atoms with Crippen molar-refractivity contribution in [2.45, 2.75) is 51.0 Å². The van der Waals surface area contributed by atoms with Crippen molar-refractivity contribution in [1.82, 2.24) is 4.90 Å². The van der Waals surface area contributed by atoms with Gasteiger partial charge in [-0.05, 0) is 56.7 Å². The number of ether oxygens (including phenoxy) is 3. The number of Topliss-reactive ketones (excluding diaryl/α,β-unsaturated/α-hetero) is 1. The fourth-order valence-electron chi connectivity index (χ4n) is 5.49. The molecule has 3 atom stereocenters. The smallest absolute Gasteiger partial charge is 0.309 e. The Kier molecular flexibility index (Phi) is 6.49. The highest BCUT2D eigenvalue weighted by molar-refractivity contribution is 5.88. The van der Waals surface area contributed by atoms with Crippen LogP contribution in [0.2, 0.25) is 0 Å². The van der Waals surface area contributed by atoms with Gasteiger partial charge in [-0.3, -0.25) is 14.4 Å². The van der Waals surface area contributed by atoms with Gasteiger partial charge in [0.15, 0.2) is 6.61 Å². The van der Waals surface area contributed by atoms with E-state index in [1.54, 1.807) is 19.1 Å². The minimum absolute atomic E-state index is 0.00996. The summed E-state index contributed by atoms with van der Waals surface area (Å²) in [6.07, 6.45) is 5.62. The van der Waals surface area contributed by atoms with Gasteiger partial charge in [-0.25, -0.2) is 0 Å². The molecule has 168 valence electrons. The molecule has 1 saturated heterocycles. The first-order valence-corrected chi connectivity index (χ1v) is 11.2. The molecule has 2 bridgehead atoms. The Bertz CT molecular complexity index is 836. The predicted molar refractivity (Wildman–Crippen MR) is 113 cm³/mol. The molecule has 7 heteroatoms. The van der Waals surface area contributed by atoms with Crippen LogP contribution in [0, 0.1) is 17.8 Å². The van der Waals surface area contributed by atoms with E-state index in [4.69, 9.17) is 14.2 Å². The molecule has 0 unspecified atom stereocenters. The van der Waals surface area contributed by atoms with Crippen molar-refractivity contribution in [3.63, 3.8) is 0 Å². The molecule has 0 spiro atoms. The number of rotatable bonds is 6. The van der Waals surface area contributed by atoms with Gasteiger partial charge in [0.25, 0.3) is 5.91 Å². The monoisotopic (exact) mass is 429 g/mol. The summed E-state index contributed by atoms with van der Waals surface area (Å²) in [6, 6.07) is 5.44. The number of amides is 1. The Morgan fingerprint density at radius 3 is 2.45 bits per heavy atom. The highest BCUT2D eigenvalue weighted by Crippen LogP contribution is 2.41. The molecule has 1 aromatic carbocycles. The lowest BCUT2D eigenvalue weighted by Gasteiger charge is -2.36. The predicted octanol–water partition coefficient (Wildman–Crippen LogP) is 3.31. The summed E-state index contributed by atoms with van der Waals surface area (Å²) in [7, 11) is 3.22. The van der Waals surface area contributed by atoms with Crippen molar-refractivity contribution in [2.24, 2.45) is 17.8 Å². The molecule has 0 radical (unpaired) electrons. The maximum atomic E-state index is 12.9. The van der Waals surface area contributed by atoms with Gasteiger partial charge in [0.1, 0.15) is 17.3 Å². The van der Waals surface area contributed by atoms with Crippen LogP contribution >= 0.6 is 0 Å². The SMILES string of the molecule is COc1ccc(OC)c([C@@H]2CCCN2C(=O)COC(=O)C2C[C@H]3CCC[C@H](C2)C3=O)c1. The molecule has 2 saturated carbocycles. The van der Waals surface area contributed by atoms with Gasteiger partial charge in [0, 0.05) is 23.9 Å². The highest BCUT2D eigenvalue weighted by atomic mass is 16.5. The number of methoxy groups -OCH3 is 2. The Morgan fingerprint density at radius 2 is 1.77 bits per heavy atom. The second-order valence-electron chi connectivity index (χ2n) is 8.86. The quantitative estimate of drug-likeness (QED) is 0.646. The molecule has 1 amide bonds. The van der Waals surface area contributed by atoms with Gasteiger partial charge >= 0.3 is 5.97 Å². The van der Waals surface area contributed by atoms with Crippen molar-refractivity contribution in [3.05, 3.63) is 23.8 Å². The second kappa shape index (κ2) is 9.28. The maximum Gasteiger partial charge on any atom is 0.309 e. The topological polar surface area (TPSA) is 82.1 Å². The third-order valence-corrected chi connectivity index (χ3v) is 7.09. The van der Waals surface area contributed by atoms with Crippen molar-refractivity contribution >= 4 is 17.7 Å². The standard InChI is InChI=1S/C24H31NO6/c1-29-18-8-9-21(30-2)19(13-18)20-7-4-10-25(20)22(26)14-31-24(28)17-11-15-5-3-6-16(12-17)23(15)27/h8-9,13,15-17,20H,3-7,10-12,14H2,1-2H3/t15-,16-,20+/m1/s1. The second-order valence-corrected chi connectivity index (χ2v) is 8.86. The molecule has 1 aromatic rings. The Labute approximate surface area is 183 Å². The van der Waals surface area contributed by atoms with E-state index in [-0.39, 0.29) is 42.3 Å². The zero-order valence-corrected chi connectivity index (χ0v) is 18.3. The number of carbonyl (C=O) groups excluding carboxylic acids is 3. The third-order valence-electron chi connectivity index (χ3n) is 7.09. The lowest BCUT2D eigenvalue weighted by atomic mass is 9.67. The first-order chi connectivity index (χ1) is 15.0. The molecule has 0 aromatic heterocycles. The molecule has 7 nitrogen and oxygen atoms in total. The maximum absolute atomic E-state index is 12.9. The van der Waals surface area contributed by atoms with Gasteiger partial charge in [-0.2, -0.15) is 0 Å². The van der Waals surface area contributed by atoms with E-state index in [0.717, 1.165) is 37.7 Å². The van der Waals surface area contributed by atoms with E-state index in [1.807, 2.05) is 18.2 Å². The average Bonchev–Trinajstić information content (AvgIpc) is 3.26. The summed E-state index contributed by atoms with van der Waals surface area (Å²) in [4.78, 5) is 39.6. The van der Waals surface area contributed by atoms with Crippen molar-refractivity contribution in [3.8, 4) is 11.5 Å². The summed E-state index contributed by atoms with van der Waals surface area (Å²) < 4.78 is 16.3. The first-order valence-electron chi connectivity index (χ1n) is 11.2. The zero-order chi connectivity index (χ0) is 22.0. The number of hydrogen-bond donors (Lipinski definition) is 0. The van der Waals surface area contributed by atoms with Crippen LogP contribution in [0.3, 0.4) is 0 Å². The van der Waals surface area contributed by atoms with Gasteiger partial charge in [0.05, 0.1) is 26.2 Å². The fourth-order valence-corrected chi connectivity index (χ4v) is 5.49. The van der Waals surface area contributed by atoms with E-state index in [2.05, 4.69) is 0 Å². The third kappa shape index (κ3) is 4.41. The van der Waals surface area contributed by atoms with E-state index in [1.165, 1.54) is 0 Å². The Hall–Kier alpha value is -2.57. The van der Waals surface area contributed by atoms with Crippen molar-refractivity contribution < 1.29 is 28.6 Å². The van der Waals surface area contributed by atoms with Gasteiger partial charge < -0.3 is 19.1 Å². The molecule has 2 aliphatic carbocycles. The van der Waals surface area contributed by atoms with Crippen molar-refractivity contribution in [2.75, 3.05) is 27.4 Å². The molecule has 4 rings (SSSR count). The summed E-state index contributed by atoms with van der Waals surface area (Å²) in [5.74, 6) is 0.903. The van der Waals surface area contributed by atoms with Gasteiger partial charge in [-0.15, -0.1) is 0 Å². The van der Waals surface area contributed by atoms with Crippen LogP contribution < -0.4 is 9.47 Å². The number of likely N-dealkylation sites (tertiary alicyclic amines) is 1. The van der Waals surface area contributed by atoms with E-state index in [0.29, 0.717) is 36.7 Å². The minimum Gasteiger partial charge on any atom is -0.497 e. The lowest BCUT2D eigenvalue weighted by Crippen LogP contribution is -2.40. The number of esters is 1. The van der Waals surface area contributed by atoms with E-state index in [9.17, 15) is 14.4 Å². The fraction of sp³-hybridized carbons (Fsp3) is 0.625. The Balaban J connectivity index is 1.38. The van der Waals surface area contributed by atoms with Crippen LogP contribution in [-0.4, -0.2) is 49.9 Å². The lowest BCUT2D eigenvalue weighted by molar-refractivity contribution is -0.159. The summed E-state index contributed by atoms with van der Waals surface area (Å²) >= 11 is 0. The number of benzene rings is 1. The number of nitrogens with zero attached hydrogens (tertiary/aromatic N) is 1. The Morgan fingerprint density at radius 1 is 1.03 bits per heavy atom. The van der Waals surface area contributed by atoms with Crippen molar-refractivity contribution in [1.29, 1.82) is 0 Å². The summed E-state index contributed by atoms with van der Waals surface area (Å²) in [5, 5.41) is 0. The van der Waals surface area contributed by atoms with Crippen LogP contribution in [0.25, 0.3) is 0 Å². The molecule has 1 heterocycles. The van der Waals surface area contributed by atoms with Gasteiger partial charge in [-0.1, -0.05) is 6.42 Å². The average molecular weight is 430 g/mol. The first kappa shape index (κ1) is 21.7. The number of carbonyl (C=O) groups is 3. The van der Waals surface area contributed by atoms with Crippen LogP contribution in [-0.2, 0) is 19.1 Å². The van der Waals surface area contributed by atoms with Crippen LogP contribution in [0.5, 0.6) is 11.5 Å². The minimum atomic E-state index is -0.340. The number of hydrogen-bond acceptors (Lipinski definition) is 6. The largest absolute Gasteiger partial charge is 0.497 e. The molecular formula is C24H31NO6. The molecule has 3 aliphatic rings. The zero-order valence-electron chi connectivity index (χ0n) is 18.3. The summed E-state index contributed by atoms with van der Waals surface area (Å²) in [5.41, 5.74) is 0.901. The molecular weight excluding hydrogens is 398 g/mol.